The van der Waals surface area contributed by atoms with E-state index in [1.54, 1.807) is 30.5 Å². The van der Waals surface area contributed by atoms with Crippen LogP contribution in [0.2, 0.25) is 0 Å². The number of rotatable bonds is 6. The zero-order valence-electron chi connectivity index (χ0n) is 14.9. The van der Waals surface area contributed by atoms with Crippen LogP contribution in [0.5, 0.6) is 0 Å². The first-order valence-electron chi connectivity index (χ1n) is 8.42. The first-order chi connectivity index (χ1) is 13.4. The predicted octanol–water partition coefficient (Wildman–Crippen LogP) is 3.10. The molecule has 0 spiro atoms. The number of H-pyrrole nitrogens is 1. The van der Waals surface area contributed by atoms with E-state index < -0.39 is 11.5 Å². The summed E-state index contributed by atoms with van der Waals surface area (Å²) < 4.78 is 13.5. The number of hydrogen-bond acceptors (Lipinski definition) is 5. The number of aromatic nitrogens is 2. The van der Waals surface area contributed by atoms with Crippen LogP contribution in [0.3, 0.4) is 0 Å². The van der Waals surface area contributed by atoms with Crippen LogP contribution < -0.4 is 16.2 Å². The fraction of sp³-hybridized carbons (Fsp3) is 0.158. The quantitative estimate of drug-likeness (QED) is 0.591. The van der Waals surface area contributed by atoms with E-state index in [-0.39, 0.29) is 23.7 Å². The number of nitrogens with zero attached hydrogens (tertiary/aromatic N) is 1. The summed E-state index contributed by atoms with van der Waals surface area (Å²) in [5, 5.41) is 7.26. The first-order valence-corrected chi connectivity index (χ1v) is 9.30. The normalized spacial score (nSPS) is 10.5. The predicted molar refractivity (Wildman–Crippen MR) is 105 cm³/mol. The van der Waals surface area contributed by atoms with Crippen LogP contribution in [0, 0.1) is 12.7 Å². The van der Waals surface area contributed by atoms with E-state index in [2.05, 4.69) is 20.6 Å². The lowest BCUT2D eigenvalue weighted by Gasteiger charge is -2.05. The largest absolute Gasteiger partial charge is 0.328 e. The molecule has 3 rings (SSSR count). The van der Waals surface area contributed by atoms with Crippen molar-refractivity contribution < 1.29 is 14.0 Å². The van der Waals surface area contributed by atoms with Gasteiger partial charge >= 0.3 is 0 Å². The van der Waals surface area contributed by atoms with Crippen LogP contribution in [0.4, 0.5) is 15.2 Å². The van der Waals surface area contributed by atoms with Crippen LogP contribution in [0.25, 0.3) is 0 Å². The van der Waals surface area contributed by atoms with Crippen LogP contribution in [-0.4, -0.2) is 21.8 Å². The lowest BCUT2D eigenvalue weighted by atomic mass is 10.2. The molecule has 7 nitrogen and oxygen atoms in total. The number of pyridine rings is 1. The standard InChI is InChI=1S/C19H17FN4O3S/c1-11-4-5-12(9-15(11)20)22-16(25)7-6-13-10-28-19(23-13)24-18(27)14-3-2-8-21-17(14)26/h2-5,8-10H,6-7H2,1H3,(H,21,26)(H,22,25)(H,23,24,27). The van der Waals surface area contributed by atoms with Crippen LogP contribution in [-0.2, 0) is 11.2 Å². The minimum atomic E-state index is -0.554. The highest BCUT2D eigenvalue weighted by Crippen LogP contribution is 2.18. The third-order valence-electron chi connectivity index (χ3n) is 3.90. The highest BCUT2D eigenvalue weighted by molar-refractivity contribution is 7.14. The third-order valence-corrected chi connectivity index (χ3v) is 4.71. The monoisotopic (exact) mass is 400 g/mol. The van der Waals surface area contributed by atoms with Gasteiger partial charge in [0.05, 0.1) is 5.69 Å². The molecule has 0 aliphatic carbocycles. The molecule has 0 aliphatic heterocycles. The Hall–Kier alpha value is -3.33. The van der Waals surface area contributed by atoms with Gasteiger partial charge in [-0.15, -0.1) is 11.3 Å². The molecule has 3 N–H and O–H groups in total. The van der Waals surface area contributed by atoms with E-state index in [1.165, 1.54) is 29.7 Å². The molecule has 0 saturated heterocycles. The molecule has 0 fully saturated rings. The van der Waals surface area contributed by atoms with Crippen molar-refractivity contribution in [3.05, 3.63) is 74.9 Å². The number of aromatic amines is 1. The number of anilines is 2. The average Bonchev–Trinajstić information content (AvgIpc) is 3.11. The molecule has 0 unspecified atom stereocenters. The van der Waals surface area contributed by atoms with Crippen molar-refractivity contribution in [3.8, 4) is 0 Å². The van der Waals surface area contributed by atoms with E-state index in [9.17, 15) is 18.8 Å². The number of aryl methyl sites for hydroxylation is 2. The molecular formula is C19H17FN4O3S. The third kappa shape index (κ3) is 4.89. The van der Waals surface area contributed by atoms with Crippen molar-refractivity contribution in [2.45, 2.75) is 19.8 Å². The van der Waals surface area contributed by atoms with Crippen molar-refractivity contribution in [1.82, 2.24) is 9.97 Å². The maximum atomic E-state index is 13.5. The average molecular weight is 400 g/mol. The summed E-state index contributed by atoms with van der Waals surface area (Å²) >= 11 is 1.20. The van der Waals surface area contributed by atoms with E-state index in [0.29, 0.717) is 28.5 Å². The lowest BCUT2D eigenvalue weighted by molar-refractivity contribution is -0.116. The molecule has 0 atom stereocenters. The van der Waals surface area contributed by atoms with Crippen molar-refractivity contribution in [2.75, 3.05) is 10.6 Å². The lowest BCUT2D eigenvalue weighted by Crippen LogP contribution is -2.22. The minimum Gasteiger partial charge on any atom is -0.328 e. The number of halogens is 1. The molecule has 2 amide bonds. The second-order valence-electron chi connectivity index (χ2n) is 6.02. The van der Waals surface area contributed by atoms with Crippen molar-refractivity contribution in [2.24, 2.45) is 0 Å². The number of hydrogen-bond donors (Lipinski definition) is 3. The Morgan fingerprint density at radius 1 is 1.25 bits per heavy atom. The highest BCUT2D eigenvalue weighted by Gasteiger charge is 2.13. The minimum absolute atomic E-state index is 0.0102. The van der Waals surface area contributed by atoms with Gasteiger partial charge < -0.3 is 10.3 Å². The smallest absolute Gasteiger partial charge is 0.263 e. The van der Waals surface area contributed by atoms with Gasteiger partial charge in [0.15, 0.2) is 5.13 Å². The molecule has 0 saturated carbocycles. The summed E-state index contributed by atoms with van der Waals surface area (Å²) in [5.41, 5.74) is 1.04. The molecule has 0 bridgehead atoms. The Bertz CT molecular complexity index is 1080. The van der Waals surface area contributed by atoms with Gasteiger partial charge in [-0.1, -0.05) is 6.07 Å². The van der Waals surface area contributed by atoms with Crippen molar-refractivity contribution in [3.63, 3.8) is 0 Å². The Labute approximate surface area is 163 Å². The molecule has 3 aromatic rings. The number of amides is 2. The van der Waals surface area contributed by atoms with E-state index >= 15 is 0 Å². The molecule has 1 aromatic carbocycles. The summed E-state index contributed by atoms with van der Waals surface area (Å²) in [5.74, 6) is -1.20. The van der Waals surface area contributed by atoms with Gasteiger partial charge in [-0.05, 0) is 43.2 Å². The maximum absolute atomic E-state index is 13.5. The van der Waals surface area contributed by atoms with Crippen LogP contribution >= 0.6 is 11.3 Å². The molecule has 28 heavy (non-hydrogen) atoms. The van der Waals surface area contributed by atoms with Crippen LogP contribution in [0.15, 0.2) is 46.7 Å². The van der Waals surface area contributed by atoms with Crippen molar-refractivity contribution >= 4 is 34.0 Å². The Morgan fingerprint density at radius 3 is 2.82 bits per heavy atom. The van der Waals surface area contributed by atoms with Crippen LogP contribution in [0.1, 0.15) is 28.0 Å². The molecule has 144 valence electrons. The number of thiazole rings is 1. The Morgan fingerprint density at radius 2 is 2.07 bits per heavy atom. The van der Waals surface area contributed by atoms with Gasteiger partial charge in [0.2, 0.25) is 5.91 Å². The molecule has 0 aliphatic rings. The summed E-state index contributed by atoms with van der Waals surface area (Å²) in [6, 6.07) is 7.48. The topological polar surface area (TPSA) is 104 Å². The zero-order chi connectivity index (χ0) is 20.1. The number of benzene rings is 1. The van der Waals surface area contributed by atoms with Gasteiger partial charge in [0, 0.05) is 23.7 Å². The van der Waals surface area contributed by atoms with Gasteiger partial charge in [-0.3, -0.25) is 19.7 Å². The zero-order valence-corrected chi connectivity index (χ0v) is 15.7. The van der Waals surface area contributed by atoms with Gasteiger partial charge in [0.1, 0.15) is 11.4 Å². The highest BCUT2D eigenvalue weighted by atomic mass is 32.1. The summed E-state index contributed by atoms with van der Waals surface area (Å²) in [7, 11) is 0. The number of nitrogens with one attached hydrogen (secondary N) is 3. The SMILES string of the molecule is Cc1ccc(NC(=O)CCc2csc(NC(=O)c3ccc[nH]c3=O)n2)cc1F. The molecule has 9 heteroatoms. The summed E-state index contributed by atoms with van der Waals surface area (Å²) in [6.45, 7) is 1.65. The first kappa shape index (κ1) is 19.4. The van der Waals surface area contributed by atoms with E-state index in [1.807, 2.05) is 0 Å². The summed E-state index contributed by atoms with van der Waals surface area (Å²) in [4.78, 5) is 42.4. The molecular weight excluding hydrogens is 383 g/mol. The Balaban J connectivity index is 1.53. The second kappa shape index (κ2) is 8.57. The number of carbonyl (C=O) groups excluding carboxylic acids is 2. The van der Waals surface area contributed by atoms with E-state index in [0.717, 1.165) is 0 Å². The number of carbonyl (C=O) groups is 2. The molecule has 0 radical (unpaired) electrons. The summed E-state index contributed by atoms with van der Waals surface area (Å²) in [6.07, 6.45) is 1.96. The Kier molecular flexibility index (Phi) is 5.95. The van der Waals surface area contributed by atoms with Gasteiger partial charge in [-0.25, -0.2) is 9.37 Å². The van der Waals surface area contributed by atoms with E-state index in [4.69, 9.17) is 0 Å². The van der Waals surface area contributed by atoms with Gasteiger partial charge in [0.25, 0.3) is 11.5 Å². The van der Waals surface area contributed by atoms with Gasteiger partial charge in [-0.2, -0.15) is 0 Å². The second-order valence-corrected chi connectivity index (χ2v) is 6.88. The van der Waals surface area contributed by atoms with Crippen molar-refractivity contribution in [1.29, 1.82) is 0 Å². The fourth-order valence-corrected chi connectivity index (χ4v) is 3.12. The molecule has 2 heterocycles. The maximum Gasteiger partial charge on any atom is 0.263 e. The fourth-order valence-electron chi connectivity index (χ4n) is 2.38. The molecule has 2 aromatic heterocycles.